The van der Waals surface area contributed by atoms with Gasteiger partial charge in [-0.1, -0.05) is 164 Å². The second-order valence-electron chi connectivity index (χ2n) is 16.4. The SMILES string of the molecule is c1ccc(-c2ccc(-c3ccc4oc5cccc(-c6ccc7ccc(-c8nc(-c9ccc%10ccccc%10c9)nc(-c9cccc%10oc%11ccccc%11c9%10)n8)cc7c6)c5c4c3)cc2)cc1. The number of hydrogen-bond donors (Lipinski definition) is 0. The molecule has 0 radical (unpaired) electrons. The number of rotatable bonds is 6. The van der Waals surface area contributed by atoms with Crippen LogP contribution in [0.4, 0.5) is 0 Å². The Kier molecular flexibility index (Phi) is 8.15. The van der Waals surface area contributed by atoms with Gasteiger partial charge >= 0.3 is 0 Å². The quantitative estimate of drug-likeness (QED) is 0.167. The van der Waals surface area contributed by atoms with Gasteiger partial charge < -0.3 is 8.83 Å². The minimum atomic E-state index is 0.587. The van der Waals surface area contributed by atoms with E-state index in [0.29, 0.717) is 17.5 Å². The maximum absolute atomic E-state index is 6.48. The largest absolute Gasteiger partial charge is 0.456 e. The van der Waals surface area contributed by atoms with Crippen LogP contribution in [0.3, 0.4) is 0 Å². The molecule has 0 saturated heterocycles. The predicted octanol–water partition coefficient (Wildman–Crippen LogP) is 16.0. The van der Waals surface area contributed by atoms with Crippen molar-refractivity contribution >= 4 is 65.4 Å². The third-order valence-electron chi connectivity index (χ3n) is 12.5. The smallest absolute Gasteiger partial charge is 0.164 e. The molecule has 3 heterocycles. The average Bonchev–Trinajstić information content (AvgIpc) is 3.94. The molecule has 0 bridgehead atoms. The maximum Gasteiger partial charge on any atom is 0.164 e. The summed E-state index contributed by atoms with van der Waals surface area (Å²) in [7, 11) is 0. The molecule has 0 spiro atoms. The lowest BCUT2D eigenvalue weighted by Crippen LogP contribution is -2.00. The molecular formula is C59H35N3O2. The number of nitrogens with zero attached hydrogens (tertiary/aromatic N) is 3. The zero-order valence-corrected chi connectivity index (χ0v) is 34.4. The molecule has 10 aromatic carbocycles. The maximum atomic E-state index is 6.48. The van der Waals surface area contributed by atoms with Crippen LogP contribution in [-0.2, 0) is 0 Å². The summed E-state index contributed by atoms with van der Waals surface area (Å²) in [5.41, 5.74) is 13.0. The molecule has 0 aliphatic heterocycles. The van der Waals surface area contributed by atoms with E-state index < -0.39 is 0 Å². The molecule has 0 aliphatic rings. The molecule has 5 nitrogen and oxygen atoms in total. The minimum absolute atomic E-state index is 0.587. The van der Waals surface area contributed by atoms with Crippen molar-refractivity contribution < 1.29 is 8.83 Å². The number of para-hydroxylation sites is 1. The second-order valence-corrected chi connectivity index (χ2v) is 16.4. The van der Waals surface area contributed by atoms with Gasteiger partial charge in [-0.25, -0.2) is 15.0 Å². The fourth-order valence-corrected chi connectivity index (χ4v) is 9.33. The van der Waals surface area contributed by atoms with E-state index in [-0.39, 0.29) is 0 Å². The highest BCUT2D eigenvalue weighted by atomic mass is 16.3. The van der Waals surface area contributed by atoms with Crippen molar-refractivity contribution in [3.8, 4) is 67.5 Å². The van der Waals surface area contributed by atoms with Gasteiger partial charge in [0.25, 0.3) is 0 Å². The zero-order valence-electron chi connectivity index (χ0n) is 34.4. The van der Waals surface area contributed by atoms with Crippen molar-refractivity contribution in [1.29, 1.82) is 0 Å². The molecule has 0 saturated carbocycles. The Morgan fingerprint density at radius 3 is 1.48 bits per heavy atom. The summed E-state index contributed by atoms with van der Waals surface area (Å²) in [6.45, 7) is 0. The van der Waals surface area contributed by atoms with E-state index in [1.54, 1.807) is 0 Å². The van der Waals surface area contributed by atoms with Gasteiger partial charge in [-0.2, -0.15) is 0 Å². The molecule has 0 N–H and O–H groups in total. The number of aromatic nitrogens is 3. The van der Waals surface area contributed by atoms with Gasteiger partial charge in [0.2, 0.25) is 0 Å². The summed E-state index contributed by atoms with van der Waals surface area (Å²) >= 11 is 0. The standard InChI is InChI=1S/C59H35N3O2/c1-2-10-36(11-3-1)38-20-22-39(23-21-38)42-30-31-52-50(35-42)55-47(15-8-18-53(55)64-52)43-27-24-40-26-29-45(34-46(40)33-43)58-60-57(44-28-25-37-12-4-5-13-41(37)32-44)61-59(62-58)49-16-9-19-54-56(49)48-14-6-7-17-51(48)63-54/h1-35H. The lowest BCUT2D eigenvalue weighted by molar-refractivity contribution is 0.668. The molecular weight excluding hydrogens is 783 g/mol. The van der Waals surface area contributed by atoms with E-state index in [2.05, 4.69) is 176 Å². The Bertz CT molecular complexity index is 3960. The molecule has 0 aliphatic carbocycles. The molecule has 13 aromatic rings. The highest BCUT2D eigenvalue weighted by Gasteiger charge is 2.19. The van der Waals surface area contributed by atoms with Crippen molar-refractivity contribution in [2.75, 3.05) is 0 Å². The first-order valence-electron chi connectivity index (χ1n) is 21.5. The highest BCUT2D eigenvalue weighted by molar-refractivity contribution is 6.14. The summed E-state index contributed by atoms with van der Waals surface area (Å²) in [5.74, 6) is 1.79. The molecule has 298 valence electrons. The highest BCUT2D eigenvalue weighted by Crippen LogP contribution is 2.41. The van der Waals surface area contributed by atoms with E-state index in [4.69, 9.17) is 23.8 Å². The van der Waals surface area contributed by atoms with Crippen LogP contribution in [0.5, 0.6) is 0 Å². The van der Waals surface area contributed by atoms with E-state index in [9.17, 15) is 0 Å². The van der Waals surface area contributed by atoms with Crippen LogP contribution in [0.15, 0.2) is 221 Å². The van der Waals surface area contributed by atoms with Crippen molar-refractivity contribution in [2.45, 2.75) is 0 Å². The average molecular weight is 818 g/mol. The molecule has 3 aromatic heterocycles. The van der Waals surface area contributed by atoms with E-state index >= 15 is 0 Å². The number of benzene rings is 10. The lowest BCUT2D eigenvalue weighted by atomic mass is 9.95. The first-order valence-corrected chi connectivity index (χ1v) is 21.5. The van der Waals surface area contributed by atoms with Crippen LogP contribution in [0.25, 0.3) is 133 Å². The monoisotopic (exact) mass is 817 g/mol. The van der Waals surface area contributed by atoms with Gasteiger partial charge in [0, 0.05) is 38.2 Å². The van der Waals surface area contributed by atoms with Crippen molar-refractivity contribution in [3.63, 3.8) is 0 Å². The Morgan fingerprint density at radius 1 is 0.250 bits per heavy atom. The normalized spacial score (nSPS) is 11.8. The van der Waals surface area contributed by atoms with Crippen molar-refractivity contribution in [2.24, 2.45) is 0 Å². The van der Waals surface area contributed by atoms with Crippen molar-refractivity contribution in [3.05, 3.63) is 212 Å². The third kappa shape index (κ3) is 6.05. The van der Waals surface area contributed by atoms with Crippen LogP contribution in [-0.4, -0.2) is 15.0 Å². The molecule has 0 fully saturated rings. The molecule has 0 amide bonds. The van der Waals surface area contributed by atoms with Crippen LogP contribution < -0.4 is 0 Å². The summed E-state index contributed by atoms with van der Waals surface area (Å²) in [6, 6.07) is 74.2. The summed E-state index contributed by atoms with van der Waals surface area (Å²) in [5, 5.41) is 8.68. The molecule has 5 heteroatoms. The third-order valence-corrected chi connectivity index (χ3v) is 12.5. The first kappa shape index (κ1) is 36.0. The number of furan rings is 2. The fourth-order valence-electron chi connectivity index (χ4n) is 9.33. The van der Waals surface area contributed by atoms with Gasteiger partial charge in [0.1, 0.15) is 22.3 Å². The Morgan fingerprint density at radius 2 is 0.734 bits per heavy atom. The van der Waals surface area contributed by atoms with Gasteiger partial charge in [-0.15, -0.1) is 0 Å². The van der Waals surface area contributed by atoms with E-state index in [1.165, 1.54) is 11.1 Å². The first-order chi connectivity index (χ1) is 31.7. The van der Waals surface area contributed by atoms with Crippen LogP contribution in [0.1, 0.15) is 0 Å². The topological polar surface area (TPSA) is 65.0 Å². The van der Waals surface area contributed by atoms with Crippen molar-refractivity contribution in [1.82, 2.24) is 15.0 Å². The minimum Gasteiger partial charge on any atom is -0.456 e. The number of hydrogen-bond acceptors (Lipinski definition) is 5. The molecule has 64 heavy (non-hydrogen) atoms. The predicted molar refractivity (Wildman–Crippen MR) is 262 cm³/mol. The van der Waals surface area contributed by atoms with Crippen LogP contribution in [0, 0.1) is 0 Å². The summed E-state index contributed by atoms with van der Waals surface area (Å²) in [4.78, 5) is 15.6. The lowest BCUT2D eigenvalue weighted by Gasteiger charge is -2.11. The fraction of sp³-hybridized carbons (Fsp3) is 0. The molecule has 13 rings (SSSR count). The van der Waals surface area contributed by atoms with Crippen LogP contribution in [0.2, 0.25) is 0 Å². The summed E-state index contributed by atoms with van der Waals surface area (Å²) in [6.07, 6.45) is 0. The second kappa shape index (κ2) is 14.5. The van der Waals surface area contributed by atoms with E-state index in [0.717, 1.165) is 104 Å². The summed E-state index contributed by atoms with van der Waals surface area (Å²) < 4.78 is 12.8. The van der Waals surface area contributed by atoms with Gasteiger partial charge in [-0.3, -0.25) is 0 Å². The van der Waals surface area contributed by atoms with Gasteiger partial charge in [0.05, 0.1) is 0 Å². The zero-order chi connectivity index (χ0) is 42.1. The molecule has 0 unspecified atom stereocenters. The van der Waals surface area contributed by atoms with E-state index in [1.807, 2.05) is 36.4 Å². The van der Waals surface area contributed by atoms with Gasteiger partial charge in [0.15, 0.2) is 17.5 Å². The van der Waals surface area contributed by atoms with Crippen LogP contribution >= 0.6 is 0 Å². The Hall–Kier alpha value is -8.67. The molecule has 0 atom stereocenters. The van der Waals surface area contributed by atoms with Gasteiger partial charge in [-0.05, 0) is 103 Å². The number of fused-ring (bicyclic) bond motifs is 8. The Labute approximate surface area is 367 Å². The Balaban J connectivity index is 0.937.